The first-order chi connectivity index (χ1) is 14.6. The molecule has 0 radical (unpaired) electrons. The van der Waals surface area contributed by atoms with E-state index in [1.54, 1.807) is 0 Å². The third-order valence-electron chi connectivity index (χ3n) is 5.25. The van der Waals surface area contributed by atoms with Gasteiger partial charge < -0.3 is 11.1 Å². The summed E-state index contributed by atoms with van der Waals surface area (Å²) in [6.07, 6.45) is 0. The number of aryl methyl sites for hydroxylation is 1. The fourth-order valence-electron chi connectivity index (χ4n) is 3.89. The molecule has 1 aromatic heterocycles. The molecule has 2 amide bonds. The number of nitrogens with zero attached hydrogens (tertiary/aromatic N) is 2. The topological polar surface area (TPSA) is 72.9 Å². The first kappa shape index (κ1) is 17.9. The van der Waals surface area contributed by atoms with Crippen molar-refractivity contribution in [1.82, 2.24) is 9.78 Å². The summed E-state index contributed by atoms with van der Waals surface area (Å²) in [6.45, 7) is 1.99. The Morgan fingerprint density at radius 2 is 1.57 bits per heavy atom. The largest absolute Gasteiger partial charge is 0.351 e. The predicted octanol–water partition coefficient (Wildman–Crippen LogP) is 5.64. The number of fused-ring (bicyclic) bond motifs is 3. The molecule has 0 unspecified atom stereocenters. The predicted molar refractivity (Wildman–Crippen MR) is 122 cm³/mol. The molecule has 30 heavy (non-hydrogen) atoms. The molecule has 0 aliphatic heterocycles. The van der Waals surface area contributed by atoms with Crippen LogP contribution in [0.5, 0.6) is 0 Å². The van der Waals surface area contributed by atoms with Crippen LogP contribution >= 0.6 is 0 Å². The lowest BCUT2D eigenvalue weighted by atomic mass is 9.99. The highest BCUT2D eigenvalue weighted by Gasteiger charge is 2.12. The number of benzene rings is 4. The average Bonchev–Trinajstić information content (AvgIpc) is 3.15. The Morgan fingerprint density at radius 1 is 0.867 bits per heavy atom. The lowest BCUT2D eigenvalue weighted by Crippen LogP contribution is -2.19. The van der Waals surface area contributed by atoms with Crippen LogP contribution in [0.2, 0.25) is 0 Å². The second kappa shape index (κ2) is 7.04. The van der Waals surface area contributed by atoms with Gasteiger partial charge in [-0.1, -0.05) is 48.5 Å². The SMILES string of the molecule is Cc1cc(-c2ccc3ccc4ccccc4c3c2)n(-c2ccc(NC(N)=O)cc2)n1. The van der Waals surface area contributed by atoms with E-state index in [2.05, 4.69) is 66.0 Å². The maximum absolute atomic E-state index is 11.1. The molecule has 0 aliphatic rings. The molecule has 4 aromatic carbocycles. The molecule has 146 valence electrons. The van der Waals surface area contributed by atoms with Crippen LogP contribution in [0.4, 0.5) is 10.5 Å². The fraction of sp³-hybridized carbons (Fsp3) is 0.0400. The summed E-state index contributed by atoms with van der Waals surface area (Å²) in [5.41, 5.74) is 9.79. The molecular formula is C25H20N4O. The van der Waals surface area contributed by atoms with Crippen molar-refractivity contribution in [2.45, 2.75) is 6.92 Å². The molecule has 0 saturated heterocycles. The molecule has 0 aliphatic carbocycles. The van der Waals surface area contributed by atoms with E-state index in [-0.39, 0.29) is 0 Å². The third kappa shape index (κ3) is 3.16. The van der Waals surface area contributed by atoms with Gasteiger partial charge >= 0.3 is 6.03 Å². The zero-order valence-electron chi connectivity index (χ0n) is 16.5. The highest BCUT2D eigenvalue weighted by atomic mass is 16.2. The van der Waals surface area contributed by atoms with Crippen molar-refractivity contribution in [3.05, 3.63) is 90.6 Å². The van der Waals surface area contributed by atoms with E-state index in [9.17, 15) is 4.79 Å². The molecule has 3 N–H and O–H groups in total. The van der Waals surface area contributed by atoms with E-state index in [4.69, 9.17) is 10.8 Å². The Balaban J connectivity index is 1.64. The van der Waals surface area contributed by atoms with Gasteiger partial charge in [0.2, 0.25) is 0 Å². The van der Waals surface area contributed by atoms with Crippen molar-refractivity contribution in [2.75, 3.05) is 5.32 Å². The molecule has 5 rings (SSSR count). The van der Waals surface area contributed by atoms with E-state index in [1.165, 1.54) is 21.5 Å². The minimum absolute atomic E-state index is 0.582. The number of primary amides is 1. The van der Waals surface area contributed by atoms with Crippen LogP contribution in [-0.4, -0.2) is 15.8 Å². The zero-order valence-corrected chi connectivity index (χ0v) is 16.5. The lowest BCUT2D eigenvalue weighted by molar-refractivity contribution is 0.259. The molecule has 0 bridgehead atoms. The highest BCUT2D eigenvalue weighted by molar-refractivity contribution is 6.08. The number of nitrogens with one attached hydrogen (secondary N) is 1. The molecule has 0 fully saturated rings. The molecule has 5 heteroatoms. The van der Waals surface area contributed by atoms with Gasteiger partial charge in [-0.25, -0.2) is 9.48 Å². The number of amides is 2. The van der Waals surface area contributed by atoms with Gasteiger partial charge in [-0.2, -0.15) is 5.10 Å². The smallest absolute Gasteiger partial charge is 0.316 e. The summed E-state index contributed by atoms with van der Waals surface area (Å²) in [6, 6.07) is 28.2. The maximum atomic E-state index is 11.1. The van der Waals surface area contributed by atoms with Crippen LogP contribution in [0.25, 0.3) is 38.5 Å². The van der Waals surface area contributed by atoms with Crippen molar-refractivity contribution < 1.29 is 4.79 Å². The Kier molecular flexibility index (Phi) is 4.21. The molecule has 0 saturated carbocycles. The Bertz CT molecular complexity index is 1400. The van der Waals surface area contributed by atoms with Gasteiger partial charge in [-0.3, -0.25) is 0 Å². The second-order valence-electron chi connectivity index (χ2n) is 7.34. The van der Waals surface area contributed by atoms with Crippen molar-refractivity contribution in [3.8, 4) is 16.9 Å². The number of carbonyl (C=O) groups excluding carboxylic acids is 1. The van der Waals surface area contributed by atoms with Gasteiger partial charge in [0.15, 0.2) is 0 Å². The number of hydrogen-bond acceptors (Lipinski definition) is 2. The molecule has 0 atom stereocenters. The van der Waals surface area contributed by atoms with Gasteiger partial charge in [0.05, 0.1) is 17.1 Å². The monoisotopic (exact) mass is 392 g/mol. The normalized spacial score (nSPS) is 11.1. The van der Waals surface area contributed by atoms with E-state index >= 15 is 0 Å². The number of nitrogens with two attached hydrogens (primary N) is 1. The number of anilines is 1. The van der Waals surface area contributed by atoms with E-state index in [0.717, 1.165) is 22.6 Å². The van der Waals surface area contributed by atoms with Gasteiger partial charge in [-0.15, -0.1) is 0 Å². The first-order valence-corrected chi connectivity index (χ1v) is 9.74. The summed E-state index contributed by atoms with van der Waals surface area (Å²) in [5, 5.41) is 12.2. The summed E-state index contributed by atoms with van der Waals surface area (Å²) < 4.78 is 1.93. The van der Waals surface area contributed by atoms with Crippen LogP contribution in [0.15, 0.2) is 84.9 Å². The molecule has 0 spiro atoms. The number of aromatic nitrogens is 2. The minimum Gasteiger partial charge on any atom is -0.351 e. The first-order valence-electron chi connectivity index (χ1n) is 9.74. The molecule has 5 aromatic rings. The Labute approximate surface area is 173 Å². The number of hydrogen-bond donors (Lipinski definition) is 2. The summed E-state index contributed by atoms with van der Waals surface area (Å²) in [7, 11) is 0. The fourth-order valence-corrected chi connectivity index (χ4v) is 3.89. The average molecular weight is 392 g/mol. The summed E-state index contributed by atoms with van der Waals surface area (Å²) in [4.78, 5) is 11.1. The van der Waals surface area contributed by atoms with E-state index < -0.39 is 6.03 Å². The lowest BCUT2D eigenvalue weighted by Gasteiger charge is -2.11. The van der Waals surface area contributed by atoms with E-state index in [1.807, 2.05) is 35.9 Å². The van der Waals surface area contributed by atoms with Crippen LogP contribution in [-0.2, 0) is 0 Å². The number of urea groups is 1. The van der Waals surface area contributed by atoms with Crippen molar-refractivity contribution in [3.63, 3.8) is 0 Å². The Hall–Kier alpha value is -4.12. The summed E-state index contributed by atoms with van der Waals surface area (Å²) in [5.74, 6) is 0. The molecular weight excluding hydrogens is 372 g/mol. The molecule has 1 heterocycles. The zero-order chi connectivity index (χ0) is 20.7. The van der Waals surface area contributed by atoms with Crippen LogP contribution in [0, 0.1) is 6.92 Å². The third-order valence-corrected chi connectivity index (χ3v) is 5.25. The van der Waals surface area contributed by atoms with Gasteiger partial charge in [0, 0.05) is 11.3 Å². The van der Waals surface area contributed by atoms with E-state index in [0.29, 0.717) is 5.69 Å². The maximum Gasteiger partial charge on any atom is 0.316 e. The quantitative estimate of drug-likeness (QED) is 0.390. The number of rotatable bonds is 3. The van der Waals surface area contributed by atoms with Crippen molar-refractivity contribution in [2.24, 2.45) is 5.73 Å². The van der Waals surface area contributed by atoms with Gasteiger partial charge in [0.1, 0.15) is 0 Å². The second-order valence-corrected chi connectivity index (χ2v) is 7.34. The van der Waals surface area contributed by atoms with Crippen molar-refractivity contribution >= 4 is 33.3 Å². The van der Waals surface area contributed by atoms with Gasteiger partial charge in [0.25, 0.3) is 0 Å². The van der Waals surface area contributed by atoms with Gasteiger partial charge in [-0.05, 0) is 64.9 Å². The number of carbonyl (C=O) groups is 1. The van der Waals surface area contributed by atoms with Crippen LogP contribution in [0.3, 0.4) is 0 Å². The highest BCUT2D eigenvalue weighted by Crippen LogP contribution is 2.31. The van der Waals surface area contributed by atoms with Crippen LogP contribution in [0.1, 0.15) is 5.69 Å². The van der Waals surface area contributed by atoms with Crippen molar-refractivity contribution in [1.29, 1.82) is 0 Å². The Morgan fingerprint density at radius 3 is 2.33 bits per heavy atom. The standard InChI is InChI=1S/C25H20N4O/c1-16-14-24(29(28-16)21-12-10-20(11-13-21)27-25(26)30)19-9-8-18-7-6-17-4-2-3-5-22(17)23(18)15-19/h2-15H,1H3,(H3,26,27,30). The van der Waals surface area contributed by atoms with Crippen LogP contribution < -0.4 is 11.1 Å². The summed E-state index contributed by atoms with van der Waals surface area (Å²) >= 11 is 0. The minimum atomic E-state index is -0.582. The molecule has 5 nitrogen and oxygen atoms in total.